The van der Waals surface area contributed by atoms with Gasteiger partial charge in [-0.25, -0.2) is 0 Å². The first kappa shape index (κ1) is 7.85. The normalized spacial score (nSPS) is 13.2. The van der Waals surface area contributed by atoms with Crippen LogP contribution in [0, 0.1) is 0 Å². The van der Waals surface area contributed by atoms with E-state index in [0.29, 0.717) is 4.99 Å². The summed E-state index contributed by atoms with van der Waals surface area (Å²) in [4.78, 5) is 0.534. The SMILES string of the molecule is CCNC(C)C(N)=S. The van der Waals surface area contributed by atoms with Crippen LogP contribution < -0.4 is 11.1 Å². The Morgan fingerprint density at radius 1 is 1.88 bits per heavy atom. The van der Waals surface area contributed by atoms with Crippen LogP contribution in [0.3, 0.4) is 0 Å². The lowest BCUT2D eigenvalue weighted by Crippen LogP contribution is -2.37. The van der Waals surface area contributed by atoms with Gasteiger partial charge >= 0.3 is 0 Å². The van der Waals surface area contributed by atoms with E-state index in [1.807, 2.05) is 13.8 Å². The maximum atomic E-state index is 5.29. The molecule has 0 saturated heterocycles. The number of likely N-dealkylation sites (N-methyl/N-ethyl adjacent to an activating group) is 1. The first-order chi connectivity index (χ1) is 3.68. The summed E-state index contributed by atoms with van der Waals surface area (Å²) in [6, 6.07) is 0.176. The van der Waals surface area contributed by atoms with Crippen LogP contribution in [-0.2, 0) is 0 Å². The Labute approximate surface area is 55.4 Å². The van der Waals surface area contributed by atoms with Gasteiger partial charge in [-0.1, -0.05) is 19.1 Å². The summed E-state index contributed by atoms with van der Waals surface area (Å²) in [5.74, 6) is 0. The van der Waals surface area contributed by atoms with Crippen LogP contribution in [0.25, 0.3) is 0 Å². The summed E-state index contributed by atoms with van der Waals surface area (Å²) in [6.45, 7) is 4.89. The van der Waals surface area contributed by atoms with Crippen LogP contribution in [0.15, 0.2) is 0 Å². The summed E-state index contributed by atoms with van der Waals surface area (Å²) in [5, 5.41) is 3.08. The van der Waals surface area contributed by atoms with Crippen molar-refractivity contribution in [3.05, 3.63) is 0 Å². The van der Waals surface area contributed by atoms with Crippen molar-refractivity contribution in [2.24, 2.45) is 5.73 Å². The standard InChI is InChI=1S/C5H12N2S/c1-3-7-4(2)5(6)8/h4,7H,3H2,1-2H3,(H2,6,8). The predicted octanol–water partition coefficient (Wildman–Crippen LogP) is 0.271. The summed E-state index contributed by atoms with van der Waals surface area (Å²) < 4.78 is 0. The van der Waals surface area contributed by atoms with E-state index in [1.54, 1.807) is 0 Å². The molecule has 2 nitrogen and oxygen atoms in total. The van der Waals surface area contributed by atoms with Gasteiger partial charge in [0.2, 0.25) is 0 Å². The lowest BCUT2D eigenvalue weighted by atomic mass is 10.3. The van der Waals surface area contributed by atoms with E-state index < -0.39 is 0 Å². The fraction of sp³-hybridized carbons (Fsp3) is 0.800. The third-order valence-corrected chi connectivity index (χ3v) is 1.29. The van der Waals surface area contributed by atoms with Crippen LogP contribution >= 0.6 is 12.2 Å². The van der Waals surface area contributed by atoms with E-state index in [4.69, 9.17) is 18.0 Å². The maximum absolute atomic E-state index is 5.29. The number of thiocarbonyl (C=S) groups is 1. The first-order valence-electron chi connectivity index (χ1n) is 2.71. The van der Waals surface area contributed by atoms with Crippen molar-refractivity contribution in [1.29, 1.82) is 0 Å². The second-order valence-corrected chi connectivity index (χ2v) is 2.15. The quantitative estimate of drug-likeness (QED) is 0.541. The molecule has 0 aromatic carbocycles. The highest BCUT2D eigenvalue weighted by Crippen LogP contribution is 1.78. The predicted molar refractivity (Wildman–Crippen MR) is 39.9 cm³/mol. The first-order valence-corrected chi connectivity index (χ1v) is 3.12. The van der Waals surface area contributed by atoms with Gasteiger partial charge in [-0.15, -0.1) is 0 Å². The van der Waals surface area contributed by atoms with Crippen molar-refractivity contribution in [2.45, 2.75) is 19.9 Å². The van der Waals surface area contributed by atoms with Crippen molar-refractivity contribution in [3.63, 3.8) is 0 Å². The highest BCUT2D eigenvalue weighted by molar-refractivity contribution is 7.80. The molecule has 0 spiro atoms. The summed E-state index contributed by atoms with van der Waals surface area (Å²) >= 11 is 4.70. The molecule has 0 aliphatic rings. The van der Waals surface area contributed by atoms with Gasteiger partial charge in [0.05, 0.1) is 11.0 Å². The fourth-order valence-corrected chi connectivity index (χ4v) is 0.490. The second kappa shape index (κ2) is 3.80. The third-order valence-electron chi connectivity index (χ3n) is 0.937. The molecule has 0 saturated carbocycles. The lowest BCUT2D eigenvalue weighted by molar-refractivity contribution is 0.690. The molecule has 0 bridgehead atoms. The molecule has 0 rings (SSSR count). The molecule has 8 heavy (non-hydrogen) atoms. The molecule has 0 radical (unpaired) electrons. The van der Waals surface area contributed by atoms with Gasteiger partial charge in [0.25, 0.3) is 0 Å². The van der Waals surface area contributed by atoms with Gasteiger partial charge in [-0.05, 0) is 13.5 Å². The molecular formula is C5H12N2S. The molecule has 0 amide bonds. The van der Waals surface area contributed by atoms with Crippen molar-refractivity contribution in [1.82, 2.24) is 5.32 Å². The van der Waals surface area contributed by atoms with E-state index >= 15 is 0 Å². The highest BCUT2D eigenvalue weighted by atomic mass is 32.1. The van der Waals surface area contributed by atoms with Crippen LogP contribution in [0.5, 0.6) is 0 Å². The average Bonchev–Trinajstić information content (AvgIpc) is 1.67. The van der Waals surface area contributed by atoms with Gasteiger partial charge in [0.1, 0.15) is 0 Å². The van der Waals surface area contributed by atoms with Gasteiger partial charge in [-0.2, -0.15) is 0 Å². The smallest absolute Gasteiger partial charge is 0.0896 e. The topological polar surface area (TPSA) is 38.0 Å². The summed E-state index contributed by atoms with van der Waals surface area (Å²) in [5.41, 5.74) is 5.29. The van der Waals surface area contributed by atoms with Gasteiger partial charge in [-0.3, -0.25) is 0 Å². The number of hydrogen-bond acceptors (Lipinski definition) is 2. The fourth-order valence-electron chi connectivity index (χ4n) is 0.407. The Hall–Kier alpha value is -0.150. The molecule has 0 aromatic rings. The highest BCUT2D eigenvalue weighted by Gasteiger charge is 1.98. The number of rotatable bonds is 3. The Balaban J connectivity index is 3.32. The monoisotopic (exact) mass is 132 g/mol. The van der Waals surface area contributed by atoms with Crippen LogP contribution in [-0.4, -0.2) is 17.6 Å². The van der Waals surface area contributed by atoms with Crippen LogP contribution in [0.1, 0.15) is 13.8 Å². The van der Waals surface area contributed by atoms with Gasteiger partial charge in [0.15, 0.2) is 0 Å². The molecule has 0 heterocycles. The molecule has 1 atom stereocenters. The van der Waals surface area contributed by atoms with Crippen LogP contribution in [0.4, 0.5) is 0 Å². The van der Waals surface area contributed by atoms with E-state index in [-0.39, 0.29) is 6.04 Å². The van der Waals surface area contributed by atoms with Crippen LogP contribution in [0.2, 0.25) is 0 Å². The van der Waals surface area contributed by atoms with E-state index in [9.17, 15) is 0 Å². The minimum absolute atomic E-state index is 0.176. The largest absolute Gasteiger partial charge is 0.392 e. The molecule has 1 unspecified atom stereocenters. The molecule has 0 fully saturated rings. The zero-order chi connectivity index (χ0) is 6.57. The Bertz CT molecular complexity index is 82.5. The molecule has 48 valence electrons. The molecular weight excluding hydrogens is 120 g/mol. The molecule has 3 heteroatoms. The minimum atomic E-state index is 0.176. The van der Waals surface area contributed by atoms with Gasteiger partial charge in [0, 0.05) is 0 Å². The lowest BCUT2D eigenvalue weighted by Gasteiger charge is -2.07. The van der Waals surface area contributed by atoms with Gasteiger partial charge < -0.3 is 11.1 Å². The Morgan fingerprint density at radius 2 is 2.38 bits per heavy atom. The zero-order valence-corrected chi connectivity index (χ0v) is 6.09. The second-order valence-electron chi connectivity index (χ2n) is 1.68. The maximum Gasteiger partial charge on any atom is 0.0896 e. The zero-order valence-electron chi connectivity index (χ0n) is 5.27. The van der Waals surface area contributed by atoms with E-state index in [1.165, 1.54) is 0 Å². The number of nitrogens with one attached hydrogen (secondary N) is 1. The van der Waals surface area contributed by atoms with Crippen molar-refractivity contribution >= 4 is 17.2 Å². The third kappa shape index (κ3) is 2.93. The minimum Gasteiger partial charge on any atom is -0.392 e. The van der Waals surface area contributed by atoms with Crippen molar-refractivity contribution in [2.75, 3.05) is 6.54 Å². The average molecular weight is 132 g/mol. The summed E-state index contributed by atoms with van der Waals surface area (Å²) in [7, 11) is 0. The number of hydrogen-bond donors (Lipinski definition) is 2. The molecule has 0 aliphatic heterocycles. The van der Waals surface area contributed by atoms with Crippen molar-refractivity contribution in [3.8, 4) is 0 Å². The molecule has 0 aliphatic carbocycles. The molecule has 3 N–H and O–H groups in total. The Kier molecular flexibility index (Phi) is 3.73. The van der Waals surface area contributed by atoms with E-state index in [2.05, 4.69) is 5.32 Å². The Morgan fingerprint density at radius 3 is 2.50 bits per heavy atom. The summed E-state index contributed by atoms with van der Waals surface area (Å²) in [6.07, 6.45) is 0. The van der Waals surface area contributed by atoms with Crippen molar-refractivity contribution < 1.29 is 0 Å². The van der Waals surface area contributed by atoms with E-state index in [0.717, 1.165) is 6.54 Å². The number of nitrogens with two attached hydrogens (primary N) is 1. The molecule has 0 aromatic heterocycles.